The number of carbonyl (C=O) groups excluding carboxylic acids is 2. The molecule has 154 valence electrons. The molecule has 7 nitrogen and oxygen atoms in total. The molecule has 2 amide bonds. The van der Waals surface area contributed by atoms with E-state index in [0.29, 0.717) is 42.3 Å². The topological polar surface area (TPSA) is 88.7 Å². The minimum absolute atomic E-state index is 0.0898. The second kappa shape index (κ2) is 11.8. The van der Waals surface area contributed by atoms with Gasteiger partial charge >= 0.3 is 0 Å². The third kappa shape index (κ3) is 7.17. The fraction of sp³-hybridized carbons (Fsp3) is 0.286. The summed E-state index contributed by atoms with van der Waals surface area (Å²) < 4.78 is 10.5. The Bertz CT molecular complexity index is 857. The van der Waals surface area contributed by atoms with Crippen LogP contribution in [0, 0.1) is 0 Å². The number of anilines is 1. The zero-order chi connectivity index (χ0) is 21.1. The van der Waals surface area contributed by atoms with E-state index in [1.807, 2.05) is 6.92 Å². The standard InChI is InChI=1S/C21H25N3O4S/c1-3-12-28-16-8-6-7-15(14-16)19(25)24-21(29)23-18-10-5-4-9-17(18)20(26)22-11-13-27-2/h4-10,14H,3,11-13H2,1-2H3,(H,22,26)(H2,23,24,25,29). The summed E-state index contributed by atoms with van der Waals surface area (Å²) in [7, 11) is 1.56. The lowest BCUT2D eigenvalue weighted by Gasteiger charge is -2.14. The van der Waals surface area contributed by atoms with Gasteiger partial charge in [-0.25, -0.2) is 0 Å². The van der Waals surface area contributed by atoms with Crippen LogP contribution in [0.25, 0.3) is 0 Å². The average Bonchev–Trinajstić information content (AvgIpc) is 2.72. The first-order valence-electron chi connectivity index (χ1n) is 9.26. The van der Waals surface area contributed by atoms with Crippen molar-refractivity contribution in [2.24, 2.45) is 0 Å². The van der Waals surface area contributed by atoms with E-state index in [4.69, 9.17) is 21.7 Å². The van der Waals surface area contributed by atoms with Gasteiger partial charge in [-0.3, -0.25) is 14.9 Å². The molecule has 0 fully saturated rings. The third-order valence-electron chi connectivity index (χ3n) is 3.81. The average molecular weight is 416 g/mol. The number of rotatable bonds is 9. The Kier molecular flexibility index (Phi) is 9.07. The predicted molar refractivity (Wildman–Crippen MR) is 117 cm³/mol. The normalized spacial score (nSPS) is 10.1. The van der Waals surface area contributed by atoms with E-state index in [9.17, 15) is 9.59 Å². The lowest BCUT2D eigenvalue weighted by molar-refractivity contribution is 0.0937. The molecule has 0 heterocycles. The van der Waals surface area contributed by atoms with Crippen LogP contribution >= 0.6 is 12.2 Å². The highest BCUT2D eigenvalue weighted by Gasteiger charge is 2.13. The molecule has 3 N–H and O–H groups in total. The fourth-order valence-electron chi connectivity index (χ4n) is 2.43. The van der Waals surface area contributed by atoms with Crippen molar-refractivity contribution >= 4 is 34.8 Å². The van der Waals surface area contributed by atoms with E-state index >= 15 is 0 Å². The van der Waals surface area contributed by atoms with Gasteiger partial charge < -0.3 is 20.1 Å². The molecule has 2 rings (SSSR count). The second-order valence-electron chi connectivity index (χ2n) is 6.08. The van der Waals surface area contributed by atoms with Crippen molar-refractivity contribution in [1.82, 2.24) is 10.6 Å². The number of methoxy groups -OCH3 is 1. The van der Waals surface area contributed by atoms with Crippen LogP contribution in [-0.2, 0) is 4.74 Å². The molecular formula is C21H25N3O4S. The van der Waals surface area contributed by atoms with Crippen LogP contribution in [0.5, 0.6) is 5.75 Å². The number of ether oxygens (including phenoxy) is 2. The van der Waals surface area contributed by atoms with E-state index in [1.165, 1.54) is 0 Å². The van der Waals surface area contributed by atoms with E-state index in [2.05, 4.69) is 16.0 Å². The molecule has 0 unspecified atom stereocenters. The minimum Gasteiger partial charge on any atom is -0.494 e. The maximum atomic E-state index is 12.5. The highest BCUT2D eigenvalue weighted by molar-refractivity contribution is 7.80. The molecule has 29 heavy (non-hydrogen) atoms. The number of para-hydroxylation sites is 1. The lowest BCUT2D eigenvalue weighted by atomic mass is 10.1. The van der Waals surface area contributed by atoms with Gasteiger partial charge in [-0.15, -0.1) is 0 Å². The quantitative estimate of drug-likeness (QED) is 0.431. The van der Waals surface area contributed by atoms with Crippen LogP contribution in [0.15, 0.2) is 48.5 Å². The molecule has 0 saturated heterocycles. The molecule has 0 aromatic heterocycles. The molecule has 0 aliphatic rings. The number of benzene rings is 2. The minimum atomic E-state index is -0.369. The summed E-state index contributed by atoms with van der Waals surface area (Å²) >= 11 is 5.24. The number of hydrogen-bond acceptors (Lipinski definition) is 5. The molecule has 0 bridgehead atoms. The summed E-state index contributed by atoms with van der Waals surface area (Å²) in [6.45, 7) is 3.39. The molecule has 0 saturated carbocycles. The summed E-state index contributed by atoms with van der Waals surface area (Å²) in [5.74, 6) is -0.0111. The lowest BCUT2D eigenvalue weighted by Crippen LogP contribution is -2.35. The number of carbonyl (C=O) groups is 2. The van der Waals surface area contributed by atoms with Crippen molar-refractivity contribution in [2.45, 2.75) is 13.3 Å². The predicted octanol–water partition coefficient (Wildman–Crippen LogP) is 2.98. The Labute approximate surface area is 175 Å². The van der Waals surface area contributed by atoms with Gasteiger partial charge in [0.05, 0.1) is 24.5 Å². The van der Waals surface area contributed by atoms with Crippen LogP contribution < -0.4 is 20.7 Å². The molecule has 0 spiro atoms. The molecule has 8 heteroatoms. The largest absolute Gasteiger partial charge is 0.494 e. The Morgan fingerprint density at radius 1 is 1.03 bits per heavy atom. The third-order valence-corrected chi connectivity index (χ3v) is 4.01. The van der Waals surface area contributed by atoms with Crippen molar-refractivity contribution < 1.29 is 19.1 Å². The smallest absolute Gasteiger partial charge is 0.257 e. The Balaban J connectivity index is 2.00. The van der Waals surface area contributed by atoms with E-state index in [0.717, 1.165) is 6.42 Å². The maximum Gasteiger partial charge on any atom is 0.257 e. The van der Waals surface area contributed by atoms with Gasteiger partial charge in [-0.05, 0) is 49.0 Å². The Morgan fingerprint density at radius 3 is 2.59 bits per heavy atom. The first kappa shape index (κ1) is 22.3. The molecule has 0 radical (unpaired) electrons. The number of thiocarbonyl (C=S) groups is 1. The summed E-state index contributed by atoms with van der Waals surface area (Å²) in [6, 6.07) is 13.8. The Morgan fingerprint density at radius 2 is 1.83 bits per heavy atom. The fourth-order valence-corrected chi connectivity index (χ4v) is 2.63. The van der Waals surface area contributed by atoms with E-state index < -0.39 is 0 Å². The van der Waals surface area contributed by atoms with Crippen LogP contribution in [0.2, 0.25) is 0 Å². The maximum absolute atomic E-state index is 12.5. The summed E-state index contributed by atoms with van der Waals surface area (Å²) in [4.78, 5) is 24.8. The van der Waals surface area contributed by atoms with Crippen molar-refractivity contribution in [2.75, 3.05) is 32.2 Å². The first-order valence-corrected chi connectivity index (χ1v) is 9.67. The number of nitrogens with one attached hydrogen (secondary N) is 3. The van der Waals surface area contributed by atoms with Gasteiger partial charge in [-0.1, -0.05) is 25.1 Å². The van der Waals surface area contributed by atoms with Crippen molar-refractivity contribution in [1.29, 1.82) is 0 Å². The van der Waals surface area contributed by atoms with Gasteiger partial charge in [0.1, 0.15) is 5.75 Å². The molecule has 2 aromatic rings. The monoisotopic (exact) mass is 415 g/mol. The van der Waals surface area contributed by atoms with Gasteiger partial charge in [0.2, 0.25) is 0 Å². The molecular weight excluding hydrogens is 390 g/mol. The van der Waals surface area contributed by atoms with Crippen LogP contribution in [0.1, 0.15) is 34.1 Å². The molecule has 0 atom stereocenters. The SMILES string of the molecule is CCCOc1cccc(C(=O)NC(=S)Nc2ccccc2C(=O)NCCOC)c1. The van der Waals surface area contributed by atoms with Gasteiger partial charge in [-0.2, -0.15) is 0 Å². The number of amides is 2. The highest BCUT2D eigenvalue weighted by atomic mass is 32.1. The summed E-state index contributed by atoms with van der Waals surface area (Å²) in [6.07, 6.45) is 0.878. The Hall–Kier alpha value is -2.97. The number of hydrogen-bond donors (Lipinski definition) is 3. The van der Waals surface area contributed by atoms with Crippen molar-refractivity contribution in [3.8, 4) is 5.75 Å². The molecule has 2 aromatic carbocycles. The van der Waals surface area contributed by atoms with Crippen molar-refractivity contribution in [3.05, 3.63) is 59.7 Å². The second-order valence-corrected chi connectivity index (χ2v) is 6.49. The highest BCUT2D eigenvalue weighted by Crippen LogP contribution is 2.16. The van der Waals surface area contributed by atoms with Gasteiger partial charge in [0.25, 0.3) is 11.8 Å². The van der Waals surface area contributed by atoms with Crippen LogP contribution in [0.4, 0.5) is 5.69 Å². The molecule has 0 aliphatic carbocycles. The summed E-state index contributed by atoms with van der Waals surface area (Å²) in [5, 5.41) is 8.37. The van der Waals surface area contributed by atoms with Gasteiger partial charge in [0.15, 0.2) is 5.11 Å². The molecule has 0 aliphatic heterocycles. The van der Waals surface area contributed by atoms with Crippen LogP contribution in [0.3, 0.4) is 0 Å². The van der Waals surface area contributed by atoms with E-state index in [1.54, 1.807) is 55.6 Å². The van der Waals surface area contributed by atoms with Gasteiger partial charge in [0, 0.05) is 19.2 Å². The zero-order valence-corrected chi connectivity index (χ0v) is 17.3. The van der Waals surface area contributed by atoms with Crippen molar-refractivity contribution in [3.63, 3.8) is 0 Å². The van der Waals surface area contributed by atoms with E-state index in [-0.39, 0.29) is 16.9 Å². The van der Waals surface area contributed by atoms with Crippen LogP contribution in [-0.4, -0.2) is 43.8 Å². The first-order chi connectivity index (χ1) is 14.0. The zero-order valence-electron chi connectivity index (χ0n) is 16.5. The summed E-state index contributed by atoms with van der Waals surface area (Å²) in [5.41, 5.74) is 1.33.